The third-order valence-corrected chi connectivity index (χ3v) is 5.18. The molecule has 0 spiro atoms. The number of allylic oxidation sites excluding steroid dienone is 4. The molecule has 1 aromatic rings. The number of benzene rings is 1. The van der Waals surface area contributed by atoms with E-state index in [1.807, 2.05) is 6.08 Å². The van der Waals surface area contributed by atoms with Crippen molar-refractivity contribution in [2.75, 3.05) is 0 Å². The van der Waals surface area contributed by atoms with E-state index in [2.05, 4.69) is 19.9 Å². The Bertz CT molecular complexity index is 652. The maximum atomic E-state index is 12.1. The zero-order valence-electron chi connectivity index (χ0n) is 12.3. The Morgan fingerprint density at radius 1 is 1.33 bits per heavy atom. The summed E-state index contributed by atoms with van der Waals surface area (Å²) in [6.45, 7) is 4.58. The molecular formula is C18H20O3. The van der Waals surface area contributed by atoms with Gasteiger partial charge in [-0.25, -0.2) is 0 Å². The van der Waals surface area contributed by atoms with Crippen LogP contribution in [0.4, 0.5) is 0 Å². The third kappa shape index (κ3) is 2.27. The molecule has 2 atom stereocenters. The summed E-state index contributed by atoms with van der Waals surface area (Å²) in [6.07, 6.45) is 7.93. The number of hydrogen-bond acceptors (Lipinski definition) is 3. The Labute approximate surface area is 124 Å². The van der Waals surface area contributed by atoms with Gasteiger partial charge in [0.2, 0.25) is 0 Å². The molecule has 1 aromatic carbocycles. The average molecular weight is 284 g/mol. The Morgan fingerprint density at radius 3 is 2.71 bits per heavy atom. The second-order valence-corrected chi connectivity index (χ2v) is 6.65. The van der Waals surface area contributed by atoms with Crippen molar-refractivity contribution in [1.29, 1.82) is 0 Å². The first-order valence-electron chi connectivity index (χ1n) is 7.34. The third-order valence-electron chi connectivity index (χ3n) is 5.18. The lowest BCUT2D eigenvalue weighted by Crippen LogP contribution is -2.47. The summed E-state index contributed by atoms with van der Waals surface area (Å²) in [7, 11) is 0. The van der Waals surface area contributed by atoms with Crippen LogP contribution in [0.5, 0.6) is 11.5 Å². The van der Waals surface area contributed by atoms with E-state index in [0.29, 0.717) is 11.3 Å². The van der Waals surface area contributed by atoms with Crippen LogP contribution >= 0.6 is 0 Å². The predicted octanol–water partition coefficient (Wildman–Crippen LogP) is 3.83. The second-order valence-electron chi connectivity index (χ2n) is 6.65. The van der Waals surface area contributed by atoms with Crippen molar-refractivity contribution in [2.24, 2.45) is 17.3 Å². The van der Waals surface area contributed by atoms with Crippen LogP contribution in [0.1, 0.15) is 37.0 Å². The number of ketones is 1. The van der Waals surface area contributed by atoms with Gasteiger partial charge in [0.1, 0.15) is 11.5 Å². The highest BCUT2D eigenvalue weighted by atomic mass is 16.3. The van der Waals surface area contributed by atoms with Crippen molar-refractivity contribution in [2.45, 2.75) is 26.7 Å². The summed E-state index contributed by atoms with van der Waals surface area (Å²) < 4.78 is 0. The van der Waals surface area contributed by atoms with E-state index in [9.17, 15) is 15.0 Å². The van der Waals surface area contributed by atoms with Gasteiger partial charge in [-0.1, -0.05) is 26.0 Å². The van der Waals surface area contributed by atoms with E-state index < -0.39 is 0 Å². The molecule has 3 nitrogen and oxygen atoms in total. The number of rotatable bonds is 3. The minimum atomic E-state index is -0.243. The molecule has 1 fully saturated rings. The molecular weight excluding hydrogens is 264 g/mol. The lowest BCUT2D eigenvalue weighted by Gasteiger charge is -2.56. The van der Waals surface area contributed by atoms with Crippen LogP contribution in [0.2, 0.25) is 0 Å². The van der Waals surface area contributed by atoms with Crippen LogP contribution in [0, 0.1) is 17.3 Å². The highest BCUT2D eigenvalue weighted by Crippen LogP contribution is 2.59. The molecule has 3 aliphatic rings. The van der Waals surface area contributed by atoms with Gasteiger partial charge >= 0.3 is 0 Å². The molecule has 4 rings (SSSR count). The molecule has 0 saturated heterocycles. The van der Waals surface area contributed by atoms with Gasteiger partial charge in [-0.05, 0) is 53.9 Å². The van der Waals surface area contributed by atoms with Gasteiger partial charge in [0.05, 0.1) is 5.56 Å². The molecule has 0 aromatic heterocycles. The zero-order valence-corrected chi connectivity index (χ0v) is 12.3. The maximum Gasteiger partial charge on any atom is 0.189 e. The van der Waals surface area contributed by atoms with Crippen molar-refractivity contribution < 1.29 is 15.0 Å². The molecule has 2 N–H and O–H groups in total. The number of fused-ring (bicyclic) bond motifs is 1. The van der Waals surface area contributed by atoms with Crippen molar-refractivity contribution in [1.82, 2.24) is 0 Å². The Balaban J connectivity index is 1.77. The summed E-state index contributed by atoms with van der Waals surface area (Å²) >= 11 is 0. The van der Waals surface area contributed by atoms with Gasteiger partial charge in [0, 0.05) is 6.07 Å². The topological polar surface area (TPSA) is 57.5 Å². The van der Waals surface area contributed by atoms with Gasteiger partial charge in [-0.2, -0.15) is 0 Å². The molecule has 21 heavy (non-hydrogen) atoms. The van der Waals surface area contributed by atoms with Gasteiger partial charge in [0.15, 0.2) is 5.78 Å². The van der Waals surface area contributed by atoms with Gasteiger partial charge < -0.3 is 10.2 Å². The fourth-order valence-corrected chi connectivity index (χ4v) is 3.58. The summed E-state index contributed by atoms with van der Waals surface area (Å²) in [4.78, 5) is 12.1. The molecule has 0 amide bonds. The van der Waals surface area contributed by atoms with E-state index >= 15 is 0 Å². The van der Waals surface area contributed by atoms with Crippen LogP contribution in [0.3, 0.4) is 0 Å². The molecule has 2 unspecified atom stereocenters. The van der Waals surface area contributed by atoms with Crippen molar-refractivity contribution in [3.63, 3.8) is 0 Å². The summed E-state index contributed by atoms with van der Waals surface area (Å²) in [5.74, 6) is 0.828. The predicted molar refractivity (Wildman–Crippen MR) is 81.3 cm³/mol. The SMILES string of the molecule is CC1(C)C2CC=C(/C=C/C(=O)c3ccc(O)cc3O)C1C2. The molecule has 3 aliphatic carbocycles. The quantitative estimate of drug-likeness (QED) is 0.655. The molecule has 0 aliphatic heterocycles. The normalized spacial score (nSPS) is 26.3. The van der Waals surface area contributed by atoms with E-state index in [1.54, 1.807) is 0 Å². The summed E-state index contributed by atoms with van der Waals surface area (Å²) in [5.41, 5.74) is 1.78. The molecule has 0 radical (unpaired) electrons. The first-order valence-corrected chi connectivity index (χ1v) is 7.34. The van der Waals surface area contributed by atoms with E-state index in [4.69, 9.17) is 0 Å². The lowest BCUT2D eigenvalue weighted by molar-refractivity contribution is -0.00330. The Kier molecular flexibility index (Phi) is 3.16. The number of phenolic OH excluding ortho intramolecular Hbond substituents is 2. The van der Waals surface area contributed by atoms with E-state index in [1.165, 1.54) is 36.3 Å². The number of phenols is 2. The van der Waals surface area contributed by atoms with Crippen molar-refractivity contribution >= 4 is 5.78 Å². The van der Waals surface area contributed by atoms with Crippen LogP contribution < -0.4 is 0 Å². The summed E-state index contributed by atoms with van der Waals surface area (Å²) in [6, 6.07) is 4.02. The first kappa shape index (κ1) is 13.9. The van der Waals surface area contributed by atoms with Crippen LogP contribution in [-0.2, 0) is 0 Å². The zero-order chi connectivity index (χ0) is 15.2. The number of aromatic hydroxyl groups is 2. The highest BCUT2D eigenvalue weighted by molar-refractivity contribution is 6.06. The van der Waals surface area contributed by atoms with Gasteiger partial charge in [-0.3, -0.25) is 4.79 Å². The van der Waals surface area contributed by atoms with Crippen LogP contribution in [0.25, 0.3) is 0 Å². The number of carbonyl (C=O) groups excluding carboxylic acids is 1. The van der Waals surface area contributed by atoms with Crippen molar-refractivity contribution in [3.8, 4) is 11.5 Å². The largest absolute Gasteiger partial charge is 0.508 e. The molecule has 1 saturated carbocycles. The average Bonchev–Trinajstić information content (AvgIpc) is 2.44. The fourth-order valence-electron chi connectivity index (χ4n) is 3.58. The standard InChI is InChI=1S/C18H20O3/c1-18(2)12-5-3-11(15(18)9-12)4-8-16(20)14-7-6-13(19)10-17(14)21/h3-4,6-8,10,12,15,19,21H,5,9H2,1-2H3/b8-4+. The second kappa shape index (κ2) is 4.76. The van der Waals surface area contributed by atoms with Crippen LogP contribution in [-0.4, -0.2) is 16.0 Å². The van der Waals surface area contributed by atoms with Crippen molar-refractivity contribution in [3.05, 3.63) is 47.6 Å². The Hall–Kier alpha value is -2.03. The molecule has 2 bridgehead atoms. The Morgan fingerprint density at radius 2 is 2.10 bits per heavy atom. The number of hydrogen-bond donors (Lipinski definition) is 2. The molecule has 110 valence electrons. The fraction of sp³-hybridized carbons (Fsp3) is 0.389. The van der Waals surface area contributed by atoms with Crippen LogP contribution in [0.15, 0.2) is 42.0 Å². The van der Waals surface area contributed by atoms with E-state index in [-0.39, 0.29) is 22.8 Å². The minimum Gasteiger partial charge on any atom is -0.508 e. The molecule has 0 heterocycles. The monoisotopic (exact) mass is 284 g/mol. The number of carbonyl (C=O) groups is 1. The lowest BCUT2D eigenvalue weighted by atomic mass is 9.49. The first-order chi connectivity index (χ1) is 9.89. The smallest absolute Gasteiger partial charge is 0.189 e. The van der Waals surface area contributed by atoms with Gasteiger partial charge in [-0.15, -0.1) is 0 Å². The maximum absolute atomic E-state index is 12.1. The van der Waals surface area contributed by atoms with E-state index in [0.717, 1.165) is 12.3 Å². The highest BCUT2D eigenvalue weighted by Gasteiger charge is 2.50. The molecule has 3 heteroatoms. The summed E-state index contributed by atoms with van der Waals surface area (Å²) in [5, 5.41) is 19.0. The minimum absolute atomic E-state index is 0.0507. The van der Waals surface area contributed by atoms with Gasteiger partial charge in [0.25, 0.3) is 0 Å².